The molecule has 25 heavy (non-hydrogen) atoms. The van der Waals surface area contributed by atoms with Crippen LogP contribution in [0.5, 0.6) is 5.75 Å². The molecule has 0 unspecified atom stereocenters. The van der Waals surface area contributed by atoms with Gasteiger partial charge in [0, 0.05) is 12.1 Å². The Kier molecular flexibility index (Phi) is 3.93. The van der Waals surface area contributed by atoms with Gasteiger partial charge in [-0.3, -0.25) is 4.79 Å². The summed E-state index contributed by atoms with van der Waals surface area (Å²) in [6.45, 7) is 0. The van der Waals surface area contributed by atoms with E-state index in [2.05, 4.69) is 10.4 Å². The SMILES string of the molecule is O=C(Nc1cccc(Cl)c1O)[C@@H]1C[C@H]1c1cnn(-c2ccccc2)c1. The molecule has 0 bridgehead atoms. The first kappa shape index (κ1) is 15.7. The third-order valence-corrected chi connectivity index (χ3v) is 4.73. The highest BCUT2D eigenvalue weighted by Gasteiger charge is 2.44. The van der Waals surface area contributed by atoms with Crippen molar-refractivity contribution < 1.29 is 9.90 Å². The molecule has 1 fully saturated rings. The Balaban J connectivity index is 1.45. The van der Waals surface area contributed by atoms with Crippen LogP contribution in [0.1, 0.15) is 17.9 Å². The maximum absolute atomic E-state index is 12.4. The number of rotatable bonds is 4. The van der Waals surface area contributed by atoms with Gasteiger partial charge in [-0.2, -0.15) is 5.10 Å². The van der Waals surface area contributed by atoms with Gasteiger partial charge >= 0.3 is 0 Å². The van der Waals surface area contributed by atoms with Gasteiger partial charge in [0.15, 0.2) is 5.75 Å². The number of carbonyl (C=O) groups excluding carboxylic acids is 1. The number of hydrogen-bond acceptors (Lipinski definition) is 3. The molecule has 1 aliphatic rings. The molecule has 3 aromatic rings. The molecule has 126 valence electrons. The van der Waals surface area contributed by atoms with Gasteiger partial charge in [-0.05, 0) is 42.2 Å². The molecule has 1 amide bonds. The average molecular weight is 354 g/mol. The van der Waals surface area contributed by atoms with Crippen molar-refractivity contribution in [1.82, 2.24) is 9.78 Å². The highest BCUT2D eigenvalue weighted by Crippen LogP contribution is 2.48. The van der Waals surface area contributed by atoms with E-state index in [-0.39, 0.29) is 28.5 Å². The first-order chi connectivity index (χ1) is 12.1. The van der Waals surface area contributed by atoms with Crippen molar-refractivity contribution >= 4 is 23.2 Å². The van der Waals surface area contributed by atoms with Crippen LogP contribution in [-0.4, -0.2) is 20.8 Å². The van der Waals surface area contributed by atoms with E-state index in [9.17, 15) is 9.90 Å². The average Bonchev–Trinajstić information content (AvgIpc) is 3.28. The Morgan fingerprint density at radius 1 is 1.20 bits per heavy atom. The Bertz CT molecular complexity index is 923. The Labute approximate surface area is 149 Å². The number of nitrogens with one attached hydrogen (secondary N) is 1. The van der Waals surface area contributed by atoms with Crippen LogP contribution in [0.3, 0.4) is 0 Å². The standard InChI is InChI=1S/C19H16ClN3O2/c20-16-7-4-8-17(18(16)24)22-19(25)15-9-14(15)12-10-21-23(11-12)13-5-2-1-3-6-13/h1-8,10-11,14-15,24H,9H2,(H,22,25)/t14-,15+/m0/s1. The summed E-state index contributed by atoms with van der Waals surface area (Å²) < 4.78 is 1.81. The fourth-order valence-electron chi connectivity index (χ4n) is 2.94. The fourth-order valence-corrected chi connectivity index (χ4v) is 3.12. The molecule has 2 N–H and O–H groups in total. The number of aromatic nitrogens is 2. The third-order valence-electron chi connectivity index (χ3n) is 4.42. The van der Waals surface area contributed by atoms with Crippen LogP contribution in [0.2, 0.25) is 5.02 Å². The maximum atomic E-state index is 12.4. The zero-order valence-electron chi connectivity index (χ0n) is 13.3. The first-order valence-corrected chi connectivity index (χ1v) is 8.39. The largest absolute Gasteiger partial charge is 0.504 e. The molecular weight excluding hydrogens is 338 g/mol. The molecule has 1 aromatic heterocycles. The molecular formula is C19H16ClN3O2. The molecule has 1 aliphatic carbocycles. The second kappa shape index (κ2) is 6.26. The van der Waals surface area contributed by atoms with Gasteiger partial charge < -0.3 is 10.4 Å². The molecule has 2 aromatic carbocycles. The molecule has 4 rings (SSSR count). The van der Waals surface area contributed by atoms with Crippen molar-refractivity contribution in [1.29, 1.82) is 0 Å². The monoisotopic (exact) mass is 353 g/mol. The lowest BCUT2D eigenvalue weighted by Crippen LogP contribution is -2.14. The number of anilines is 1. The van der Waals surface area contributed by atoms with Crippen LogP contribution in [0, 0.1) is 5.92 Å². The van der Waals surface area contributed by atoms with Crippen LogP contribution in [0.15, 0.2) is 60.9 Å². The summed E-state index contributed by atoms with van der Waals surface area (Å²) >= 11 is 5.87. The van der Waals surface area contributed by atoms with Crippen LogP contribution >= 0.6 is 11.6 Å². The lowest BCUT2D eigenvalue weighted by Gasteiger charge is -2.07. The summed E-state index contributed by atoms with van der Waals surface area (Å²) in [7, 11) is 0. The van der Waals surface area contributed by atoms with Gasteiger partial charge in [-0.25, -0.2) is 4.68 Å². The van der Waals surface area contributed by atoms with Crippen molar-refractivity contribution in [2.75, 3.05) is 5.32 Å². The number of aromatic hydroxyl groups is 1. The van der Waals surface area contributed by atoms with Crippen LogP contribution in [0.4, 0.5) is 5.69 Å². The van der Waals surface area contributed by atoms with Crippen molar-refractivity contribution in [3.05, 3.63) is 71.5 Å². The van der Waals surface area contributed by atoms with E-state index < -0.39 is 0 Å². The second-order valence-electron chi connectivity index (χ2n) is 6.13. The quantitative estimate of drug-likeness (QED) is 0.697. The van der Waals surface area contributed by atoms with Gasteiger partial charge in [0.2, 0.25) is 5.91 Å². The lowest BCUT2D eigenvalue weighted by molar-refractivity contribution is -0.117. The third kappa shape index (κ3) is 3.10. The maximum Gasteiger partial charge on any atom is 0.228 e. The molecule has 0 spiro atoms. The van der Waals surface area contributed by atoms with E-state index in [0.29, 0.717) is 5.69 Å². The number of para-hydroxylation sites is 2. The highest BCUT2D eigenvalue weighted by molar-refractivity contribution is 6.32. The van der Waals surface area contributed by atoms with Gasteiger partial charge in [-0.15, -0.1) is 0 Å². The Morgan fingerprint density at radius 2 is 2.00 bits per heavy atom. The zero-order valence-corrected chi connectivity index (χ0v) is 14.0. The van der Waals surface area contributed by atoms with Crippen LogP contribution in [0.25, 0.3) is 5.69 Å². The van der Waals surface area contributed by atoms with Crippen molar-refractivity contribution in [2.45, 2.75) is 12.3 Å². The molecule has 6 heteroatoms. The van der Waals surface area contributed by atoms with Crippen LogP contribution < -0.4 is 5.32 Å². The number of amides is 1. The van der Waals surface area contributed by atoms with Gasteiger partial charge in [-0.1, -0.05) is 35.9 Å². The molecule has 1 heterocycles. The highest BCUT2D eigenvalue weighted by atomic mass is 35.5. The van der Waals surface area contributed by atoms with Crippen molar-refractivity contribution in [2.24, 2.45) is 5.92 Å². The van der Waals surface area contributed by atoms with Crippen molar-refractivity contribution in [3.8, 4) is 11.4 Å². The minimum absolute atomic E-state index is 0.105. The van der Waals surface area contributed by atoms with Gasteiger partial charge in [0.25, 0.3) is 0 Å². The molecule has 5 nitrogen and oxygen atoms in total. The minimum Gasteiger partial charge on any atom is -0.504 e. The number of hydrogen-bond donors (Lipinski definition) is 2. The predicted octanol–water partition coefficient (Wildman–Crippen LogP) is 3.97. The molecule has 0 aliphatic heterocycles. The summed E-state index contributed by atoms with van der Waals surface area (Å²) in [6.07, 6.45) is 4.54. The van der Waals surface area contributed by atoms with E-state index in [1.54, 1.807) is 18.2 Å². The summed E-state index contributed by atoms with van der Waals surface area (Å²) in [6, 6.07) is 14.7. The molecule has 2 atom stereocenters. The number of benzene rings is 2. The summed E-state index contributed by atoms with van der Waals surface area (Å²) in [4.78, 5) is 12.4. The lowest BCUT2D eigenvalue weighted by atomic mass is 10.2. The number of phenolic OH excluding ortho intramolecular Hbond substituents is 1. The van der Waals surface area contributed by atoms with E-state index in [1.165, 1.54) is 0 Å². The number of carbonyl (C=O) groups is 1. The topological polar surface area (TPSA) is 67.2 Å². The fraction of sp³-hybridized carbons (Fsp3) is 0.158. The number of halogens is 1. The van der Waals surface area contributed by atoms with E-state index in [0.717, 1.165) is 17.7 Å². The van der Waals surface area contributed by atoms with Crippen LogP contribution in [-0.2, 0) is 4.79 Å². The molecule has 0 saturated heterocycles. The second-order valence-corrected chi connectivity index (χ2v) is 6.53. The number of nitrogens with zero attached hydrogens (tertiary/aromatic N) is 2. The van der Waals surface area contributed by atoms with Crippen molar-refractivity contribution in [3.63, 3.8) is 0 Å². The summed E-state index contributed by atoms with van der Waals surface area (Å²) in [5.74, 6) is -0.188. The zero-order chi connectivity index (χ0) is 17.4. The molecule has 1 saturated carbocycles. The Hall–Kier alpha value is -2.79. The molecule has 0 radical (unpaired) electrons. The summed E-state index contributed by atoms with van der Waals surface area (Å²) in [5, 5.41) is 17.2. The minimum atomic E-state index is -0.119. The summed E-state index contributed by atoms with van der Waals surface area (Å²) in [5.41, 5.74) is 2.36. The van der Waals surface area contributed by atoms with E-state index in [1.807, 2.05) is 47.4 Å². The van der Waals surface area contributed by atoms with Gasteiger partial charge in [0.1, 0.15) is 0 Å². The first-order valence-electron chi connectivity index (χ1n) is 8.02. The smallest absolute Gasteiger partial charge is 0.228 e. The number of phenols is 1. The van der Waals surface area contributed by atoms with Gasteiger partial charge in [0.05, 0.1) is 22.6 Å². The Morgan fingerprint density at radius 3 is 2.80 bits per heavy atom. The van der Waals surface area contributed by atoms with E-state index >= 15 is 0 Å². The normalized spacial score (nSPS) is 18.8. The predicted molar refractivity (Wildman–Crippen MR) is 96.2 cm³/mol. The van der Waals surface area contributed by atoms with E-state index in [4.69, 9.17) is 11.6 Å².